The minimum absolute atomic E-state index is 0.0420. The molecular weight excluding hydrogens is 237 g/mol. The molecule has 0 bridgehead atoms. The maximum Gasteiger partial charge on any atom is 0.303 e. The molecule has 1 aromatic rings. The average Bonchev–Trinajstić information content (AvgIpc) is 2.38. The Morgan fingerprint density at radius 2 is 2.17 bits per heavy atom. The highest BCUT2D eigenvalue weighted by atomic mass is 19.1. The lowest BCUT2D eigenvalue weighted by Crippen LogP contribution is -2.45. The Balaban J connectivity index is 2.07. The van der Waals surface area contributed by atoms with Crippen molar-refractivity contribution in [3.05, 3.63) is 30.1 Å². The van der Waals surface area contributed by atoms with Crippen LogP contribution in [0.2, 0.25) is 0 Å². The number of anilines is 1. The van der Waals surface area contributed by atoms with Gasteiger partial charge in [0.2, 0.25) is 0 Å². The van der Waals surface area contributed by atoms with Crippen molar-refractivity contribution in [3.63, 3.8) is 0 Å². The molecule has 4 nitrogen and oxygen atoms in total. The molecule has 0 saturated carbocycles. The van der Waals surface area contributed by atoms with Crippen LogP contribution in [-0.4, -0.2) is 36.9 Å². The van der Waals surface area contributed by atoms with Gasteiger partial charge in [-0.1, -0.05) is 0 Å². The second-order valence-corrected chi connectivity index (χ2v) is 4.33. The smallest absolute Gasteiger partial charge is 0.303 e. The van der Waals surface area contributed by atoms with Gasteiger partial charge in [0, 0.05) is 18.7 Å². The van der Waals surface area contributed by atoms with Gasteiger partial charge in [-0.25, -0.2) is 4.39 Å². The highest BCUT2D eigenvalue weighted by Gasteiger charge is 2.23. The normalized spacial score (nSPS) is 19.8. The highest BCUT2D eigenvalue weighted by Crippen LogP contribution is 2.22. The van der Waals surface area contributed by atoms with Crippen molar-refractivity contribution in [2.45, 2.75) is 18.9 Å². The average molecular weight is 253 g/mol. The first-order valence-corrected chi connectivity index (χ1v) is 5.98. The first-order chi connectivity index (χ1) is 8.66. The van der Waals surface area contributed by atoms with Gasteiger partial charge in [-0.2, -0.15) is 0 Å². The number of rotatable bonds is 4. The predicted molar refractivity (Wildman–Crippen MR) is 65.2 cm³/mol. The fraction of sp³-hybridized carbons (Fsp3) is 0.462. The van der Waals surface area contributed by atoms with Crippen LogP contribution in [0.1, 0.15) is 12.8 Å². The van der Waals surface area contributed by atoms with E-state index in [2.05, 4.69) is 4.90 Å². The standard InChI is InChI=1S/C13H16FNO3/c14-10-1-3-11(4-2-10)15-7-8-18-9-12(15)5-6-13(16)17/h1-4,12H,5-9H2,(H,16,17). The Labute approximate surface area is 105 Å². The third-order valence-corrected chi connectivity index (χ3v) is 3.08. The zero-order valence-corrected chi connectivity index (χ0v) is 10.0. The van der Waals surface area contributed by atoms with Crippen molar-refractivity contribution in [2.75, 3.05) is 24.7 Å². The summed E-state index contributed by atoms with van der Waals surface area (Å²) in [5.41, 5.74) is 0.912. The number of carboxylic acids is 1. The lowest BCUT2D eigenvalue weighted by atomic mass is 10.1. The summed E-state index contributed by atoms with van der Waals surface area (Å²) in [6.45, 7) is 1.83. The number of benzene rings is 1. The third kappa shape index (κ3) is 3.20. The molecule has 1 N–H and O–H groups in total. The molecule has 1 heterocycles. The topological polar surface area (TPSA) is 49.8 Å². The Hall–Kier alpha value is -1.62. The molecule has 1 atom stereocenters. The fourth-order valence-electron chi connectivity index (χ4n) is 2.16. The van der Waals surface area contributed by atoms with Crippen LogP contribution in [0, 0.1) is 5.82 Å². The SMILES string of the molecule is O=C(O)CCC1COCCN1c1ccc(F)cc1. The van der Waals surface area contributed by atoms with E-state index in [1.165, 1.54) is 12.1 Å². The van der Waals surface area contributed by atoms with Gasteiger partial charge in [0.15, 0.2) is 0 Å². The summed E-state index contributed by atoms with van der Waals surface area (Å²) < 4.78 is 18.3. The van der Waals surface area contributed by atoms with Crippen LogP contribution in [0.25, 0.3) is 0 Å². The van der Waals surface area contributed by atoms with E-state index in [-0.39, 0.29) is 18.3 Å². The molecule has 1 fully saturated rings. The van der Waals surface area contributed by atoms with E-state index < -0.39 is 5.97 Å². The van der Waals surface area contributed by atoms with Gasteiger partial charge in [0.05, 0.1) is 19.3 Å². The Morgan fingerprint density at radius 1 is 1.44 bits per heavy atom. The number of hydrogen-bond donors (Lipinski definition) is 1. The molecule has 1 saturated heterocycles. The summed E-state index contributed by atoms with van der Waals surface area (Å²) in [4.78, 5) is 12.7. The number of nitrogens with zero attached hydrogens (tertiary/aromatic N) is 1. The second kappa shape index (κ2) is 5.82. The first-order valence-electron chi connectivity index (χ1n) is 5.98. The van der Waals surface area contributed by atoms with Gasteiger partial charge in [-0.3, -0.25) is 4.79 Å². The van der Waals surface area contributed by atoms with Gasteiger partial charge < -0.3 is 14.7 Å². The van der Waals surface area contributed by atoms with Crippen molar-refractivity contribution in [1.82, 2.24) is 0 Å². The lowest BCUT2D eigenvalue weighted by molar-refractivity contribution is -0.137. The molecule has 18 heavy (non-hydrogen) atoms. The van der Waals surface area contributed by atoms with Crippen molar-refractivity contribution >= 4 is 11.7 Å². The third-order valence-electron chi connectivity index (χ3n) is 3.08. The molecule has 1 aromatic carbocycles. The van der Waals surface area contributed by atoms with Crippen molar-refractivity contribution in [2.24, 2.45) is 0 Å². The van der Waals surface area contributed by atoms with Crippen LogP contribution in [-0.2, 0) is 9.53 Å². The number of halogens is 1. The molecule has 98 valence electrons. The van der Waals surface area contributed by atoms with E-state index in [1.54, 1.807) is 12.1 Å². The van der Waals surface area contributed by atoms with Crippen LogP contribution < -0.4 is 4.90 Å². The largest absolute Gasteiger partial charge is 0.481 e. The number of morpholine rings is 1. The van der Waals surface area contributed by atoms with E-state index in [0.717, 1.165) is 5.69 Å². The molecular formula is C13H16FNO3. The first kappa shape index (κ1) is 12.8. The number of carboxylic acid groups (broad SMARTS) is 1. The highest BCUT2D eigenvalue weighted by molar-refractivity contribution is 5.66. The van der Waals surface area contributed by atoms with Gasteiger partial charge in [-0.15, -0.1) is 0 Å². The molecule has 0 aromatic heterocycles. The number of ether oxygens (including phenoxy) is 1. The molecule has 2 rings (SSSR count). The van der Waals surface area contributed by atoms with E-state index in [9.17, 15) is 9.18 Å². The fourth-order valence-corrected chi connectivity index (χ4v) is 2.16. The quantitative estimate of drug-likeness (QED) is 0.890. The van der Waals surface area contributed by atoms with E-state index in [1.807, 2.05) is 0 Å². The maximum absolute atomic E-state index is 12.9. The molecule has 1 aliphatic heterocycles. The van der Waals surface area contributed by atoms with Gasteiger partial charge in [0.25, 0.3) is 0 Å². The van der Waals surface area contributed by atoms with Crippen molar-refractivity contribution in [1.29, 1.82) is 0 Å². The summed E-state index contributed by atoms with van der Waals surface area (Å²) in [6.07, 6.45) is 0.651. The Kier molecular flexibility index (Phi) is 4.15. The minimum atomic E-state index is -0.806. The van der Waals surface area contributed by atoms with E-state index in [4.69, 9.17) is 9.84 Å². The summed E-state index contributed by atoms with van der Waals surface area (Å²) >= 11 is 0. The zero-order chi connectivity index (χ0) is 13.0. The zero-order valence-electron chi connectivity index (χ0n) is 10.0. The lowest BCUT2D eigenvalue weighted by Gasteiger charge is -2.37. The molecule has 0 amide bonds. The van der Waals surface area contributed by atoms with E-state index >= 15 is 0 Å². The Morgan fingerprint density at radius 3 is 2.83 bits per heavy atom. The number of carbonyl (C=O) groups is 1. The monoisotopic (exact) mass is 253 g/mol. The van der Waals surface area contributed by atoms with E-state index in [0.29, 0.717) is 26.2 Å². The molecule has 1 unspecified atom stereocenters. The molecule has 5 heteroatoms. The predicted octanol–water partition coefficient (Wildman–Crippen LogP) is 1.90. The van der Waals surface area contributed by atoms with Crippen LogP contribution in [0.3, 0.4) is 0 Å². The van der Waals surface area contributed by atoms with Gasteiger partial charge >= 0.3 is 5.97 Å². The van der Waals surface area contributed by atoms with Gasteiger partial charge in [-0.05, 0) is 30.7 Å². The molecule has 0 radical (unpaired) electrons. The number of aliphatic carboxylic acids is 1. The summed E-state index contributed by atoms with van der Waals surface area (Å²) in [7, 11) is 0. The van der Waals surface area contributed by atoms with Crippen LogP contribution in [0.15, 0.2) is 24.3 Å². The molecule has 0 spiro atoms. The van der Waals surface area contributed by atoms with Crippen molar-refractivity contribution < 1.29 is 19.0 Å². The van der Waals surface area contributed by atoms with Crippen LogP contribution in [0.4, 0.5) is 10.1 Å². The minimum Gasteiger partial charge on any atom is -0.481 e. The molecule has 0 aliphatic carbocycles. The van der Waals surface area contributed by atoms with Crippen LogP contribution >= 0.6 is 0 Å². The summed E-state index contributed by atoms with van der Waals surface area (Å²) in [5, 5.41) is 8.73. The van der Waals surface area contributed by atoms with Gasteiger partial charge in [0.1, 0.15) is 5.82 Å². The molecule has 1 aliphatic rings. The van der Waals surface area contributed by atoms with Crippen molar-refractivity contribution in [3.8, 4) is 0 Å². The number of hydrogen-bond acceptors (Lipinski definition) is 3. The Bertz CT molecular complexity index is 407. The summed E-state index contributed by atoms with van der Waals surface area (Å²) in [5.74, 6) is -1.08. The second-order valence-electron chi connectivity index (χ2n) is 4.33. The maximum atomic E-state index is 12.9. The summed E-state index contributed by atoms with van der Waals surface area (Å²) in [6, 6.07) is 6.31. The van der Waals surface area contributed by atoms with Crippen LogP contribution in [0.5, 0.6) is 0 Å².